The van der Waals surface area contributed by atoms with E-state index in [2.05, 4.69) is 34.6 Å². The first kappa shape index (κ1) is 21.4. The molecule has 0 aliphatic carbocycles. The maximum Gasteiger partial charge on any atom is 0.261 e. The standard InChI is InChI=1S/C20H18N4O2S4/c21-19-23-17(25)15(27-19)9-11-1-5-13(6-2-11)29-30-14-7-3-12(4-8-14)10-16-18(26)24-20(22)28-16/h1-8,15-16H,9-10H2,(H2,21,23,25)(H2,22,24,26). The number of hydrogen-bond acceptors (Lipinski definition) is 8. The van der Waals surface area contributed by atoms with Gasteiger partial charge >= 0.3 is 0 Å². The Hall–Kier alpha value is -1.88. The average molecular weight is 475 g/mol. The minimum Gasteiger partial charge on any atom is -0.378 e. The van der Waals surface area contributed by atoms with Crippen molar-refractivity contribution in [3.05, 3.63) is 59.7 Å². The smallest absolute Gasteiger partial charge is 0.261 e. The molecule has 2 atom stereocenters. The van der Waals surface area contributed by atoms with Crippen LogP contribution in [0.2, 0.25) is 0 Å². The Labute approximate surface area is 190 Å². The van der Waals surface area contributed by atoms with Gasteiger partial charge in [0.05, 0.1) is 10.5 Å². The van der Waals surface area contributed by atoms with Gasteiger partial charge < -0.3 is 11.1 Å². The van der Waals surface area contributed by atoms with Crippen molar-refractivity contribution >= 4 is 67.3 Å². The van der Waals surface area contributed by atoms with Crippen molar-refractivity contribution in [1.82, 2.24) is 5.32 Å². The number of hydrogen-bond donors (Lipinski definition) is 3. The molecular formula is C20H18N4O2S4. The van der Waals surface area contributed by atoms with E-state index in [1.54, 1.807) is 21.6 Å². The van der Waals surface area contributed by atoms with Crippen molar-refractivity contribution in [2.75, 3.05) is 0 Å². The van der Waals surface area contributed by atoms with Crippen LogP contribution in [0.3, 0.4) is 0 Å². The lowest BCUT2D eigenvalue weighted by Crippen LogP contribution is -2.25. The van der Waals surface area contributed by atoms with Gasteiger partial charge in [-0.1, -0.05) is 69.4 Å². The van der Waals surface area contributed by atoms with Gasteiger partial charge in [-0.3, -0.25) is 15.0 Å². The molecule has 154 valence electrons. The molecule has 2 heterocycles. The quantitative estimate of drug-likeness (QED) is 0.525. The molecule has 2 aliphatic heterocycles. The largest absolute Gasteiger partial charge is 0.378 e. The van der Waals surface area contributed by atoms with E-state index in [1.807, 2.05) is 24.3 Å². The van der Waals surface area contributed by atoms with E-state index >= 15 is 0 Å². The molecule has 0 spiro atoms. The lowest BCUT2D eigenvalue weighted by molar-refractivity contribution is -0.119. The third kappa shape index (κ3) is 5.42. The van der Waals surface area contributed by atoms with Crippen molar-refractivity contribution in [2.24, 2.45) is 10.7 Å². The molecule has 2 aromatic carbocycles. The van der Waals surface area contributed by atoms with Gasteiger partial charge in [-0.15, -0.1) is 0 Å². The van der Waals surface area contributed by atoms with E-state index in [-0.39, 0.29) is 27.5 Å². The second-order valence-electron chi connectivity index (χ2n) is 6.68. The van der Waals surface area contributed by atoms with Crippen molar-refractivity contribution in [3.63, 3.8) is 0 Å². The van der Waals surface area contributed by atoms with Crippen molar-refractivity contribution in [2.45, 2.75) is 33.1 Å². The molecule has 10 heteroatoms. The van der Waals surface area contributed by atoms with Crippen molar-refractivity contribution < 1.29 is 9.59 Å². The number of carbonyl (C=O) groups excluding carboxylic acids is 2. The summed E-state index contributed by atoms with van der Waals surface area (Å²) >= 11 is 2.60. The Balaban J connectivity index is 1.27. The van der Waals surface area contributed by atoms with E-state index in [0.29, 0.717) is 18.0 Å². The first-order valence-corrected chi connectivity index (χ1v) is 13.0. The topological polar surface area (TPSA) is 108 Å². The number of benzene rings is 2. The highest BCUT2D eigenvalue weighted by Crippen LogP contribution is 2.38. The normalized spacial score (nSPS) is 21.1. The molecule has 2 amide bonds. The molecular weight excluding hydrogens is 457 g/mol. The second kappa shape index (κ2) is 9.51. The lowest BCUT2D eigenvalue weighted by atomic mass is 10.1. The van der Waals surface area contributed by atoms with E-state index in [1.165, 1.54) is 23.5 Å². The van der Waals surface area contributed by atoms with Gasteiger partial charge in [-0.25, -0.2) is 0 Å². The van der Waals surface area contributed by atoms with Crippen LogP contribution in [0.15, 0.2) is 63.3 Å². The van der Waals surface area contributed by atoms with Crippen LogP contribution in [0.4, 0.5) is 0 Å². The highest BCUT2D eigenvalue weighted by atomic mass is 33.1. The summed E-state index contributed by atoms with van der Waals surface area (Å²) < 4.78 is 0. The molecule has 1 fully saturated rings. The zero-order chi connectivity index (χ0) is 21.1. The first-order valence-electron chi connectivity index (χ1n) is 9.09. The minimum absolute atomic E-state index is 0.0886. The van der Waals surface area contributed by atoms with E-state index in [4.69, 9.17) is 11.1 Å². The third-order valence-electron chi connectivity index (χ3n) is 4.47. The second-order valence-corrected chi connectivity index (χ2v) is 11.4. The van der Waals surface area contributed by atoms with E-state index in [9.17, 15) is 9.59 Å². The zero-order valence-electron chi connectivity index (χ0n) is 15.7. The van der Waals surface area contributed by atoms with Crippen LogP contribution in [-0.2, 0) is 22.4 Å². The van der Waals surface area contributed by atoms with Crippen LogP contribution in [0, 0.1) is 5.41 Å². The maximum absolute atomic E-state index is 11.8. The van der Waals surface area contributed by atoms with Gasteiger partial charge in [-0.05, 0) is 48.2 Å². The van der Waals surface area contributed by atoms with E-state index in [0.717, 1.165) is 20.9 Å². The molecule has 4 N–H and O–H groups in total. The predicted molar refractivity (Wildman–Crippen MR) is 127 cm³/mol. The molecule has 2 aromatic rings. The summed E-state index contributed by atoms with van der Waals surface area (Å²) in [6.07, 6.45) is 1.25. The van der Waals surface area contributed by atoms with Gasteiger partial charge in [0.25, 0.3) is 5.91 Å². The number of nitrogens with one attached hydrogen (secondary N) is 2. The van der Waals surface area contributed by atoms with Crippen LogP contribution in [0.5, 0.6) is 0 Å². The van der Waals surface area contributed by atoms with Crippen LogP contribution in [-0.4, -0.2) is 32.6 Å². The molecule has 6 nitrogen and oxygen atoms in total. The van der Waals surface area contributed by atoms with Gasteiger partial charge in [0, 0.05) is 9.79 Å². The fourth-order valence-electron chi connectivity index (χ4n) is 2.97. The van der Waals surface area contributed by atoms with Gasteiger partial charge in [0.2, 0.25) is 5.91 Å². The van der Waals surface area contributed by atoms with E-state index < -0.39 is 0 Å². The number of rotatable bonds is 7. The number of carbonyl (C=O) groups is 2. The predicted octanol–water partition coefficient (Wildman–Crippen LogP) is 3.69. The molecule has 0 aromatic heterocycles. The number of amidine groups is 2. The summed E-state index contributed by atoms with van der Waals surface area (Å²) in [5, 5.41) is 10.2. The van der Waals surface area contributed by atoms with Crippen LogP contribution in [0.1, 0.15) is 11.1 Å². The van der Waals surface area contributed by atoms with Crippen LogP contribution >= 0.6 is 45.1 Å². The molecule has 0 radical (unpaired) electrons. The number of aliphatic imine (C=N–C) groups is 1. The van der Waals surface area contributed by atoms with Crippen LogP contribution < -0.4 is 11.1 Å². The highest BCUT2D eigenvalue weighted by Gasteiger charge is 2.29. The molecule has 2 aliphatic rings. The summed E-state index contributed by atoms with van der Waals surface area (Å²) in [4.78, 5) is 29.5. The van der Waals surface area contributed by atoms with Gasteiger partial charge in [0.1, 0.15) is 0 Å². The fraction of sp³-hybridized carbons (Fsp3) is 0.200. The first-order chi connectivity index (χ1) is 14.5. The molecule has 0 bridgehead atoms. The fourth-order valence-corrected chi connectivity index (χ4v) is 6.65. The Bertz CT molecular complexity index is 1010. The van der Waals surface area contributed by atoms with Gasteiger partial charge in [-0.2, -0.15) is 4.99 Å². The molecule has 2 unspecified atom stereocenters. The lowest BCUT2D eigenvalue weighted by Gasteiger charge is -2.08. The van der Waals surface area contributed by atoms with Crippen LogP contribution in [0.25, 0.3) is 0 Å². The Morgan fingerprint density at radius 1 is 0.900 bits per heavy atom. The maximum atomic E-state index is 11.8. The van der Waals surface area contributed by atoms with Crippen molar-refractivity contribution in [3.8, 4) is 0 Å². The zero-order valence-corrected chi connectivity index (χ0v) is 18.9. The summed E-state index contributed by atoms with van der Waals surface area (Å²) in [5.74, 6) is -0.241. The number of amides is 2. The summed E-state index contributed by atoms with van der Waals surface area (Å²) in [6, 6.07) is 16.4. The molecule has 1 saturated heterocycles. The van der Waals surface area contributed by atoms with Crippen molar-refractivity contribution in [1.29, 1.82) is 5.41 Å². The summed E-state index contributed by atoms with van der Waals surface area (Å²) in [5.41, 5.74) is 7.78. The number of nitrogens with zero attached hydrogens (tertiary/aromatic N) is 1. The summed E-state index contributed by atoms with van der Waals surface area (Å²) in [7, 11) is 3.34. The average Bonchev–Trinajstić information content (AvgIpc) is 3.21. The molecule has 30 heavy (non-hydrogen) atoms. The van der Waals surface area contributed by atoms with Gasteiger partial charge in [0.15, 0.2) is 10.3 Å². The number of nitrogens with two attached hydrogens (primary N) is 1. The number of thioether (sulfide) groups is 2. The molecule has 4 rings (SSSR count). The Kier molecular flexibility index (Phi) is 6.77. The minimum atomic E-state index is -0.218. The summed E-state index contributed by atoms with van der Waals surface area (Å²) in [6.45, 7) is 0. The monoisotopic (exact) mass is 474 g/mol. The third-order valence-corrected chi connectivity index (χ3v) is 8.88. The Morgan fingerprint density at radius 3 is 1.87 bits per heavy atom. The SMILES string of the molecule is N=C1NC(=O)C(Cc2ccc(SSc3ccc(CC4SC(N)=NC4=O)cc3)cc2)S1. The molecule has 0 saturated carbocycles. The highest BCUT2D eigenvalue weighted by molar-refractivity contribution is 8.76. The Morgan fingerprint density at radius 2 is 1.43 bits per heavy atom.